The molecule has 3 rings (SSSR count). The van der Waals surface area contributed by atoms with Crippen LogP contribution in [0.4, 0.5) is 4.79 Å². The van der Waals surface area contributed by atoms with E-state index in [1.165, 1.54) is 11.6 Å². The number of carboxylic acid groups (broad SMARTS) is 1. The van der Waals surface area contributed by atoms with Gasteiger partial charge in [-0.3, -0.25) is 4.90 Å². The molecule has 1 aliphatic heterocycles. The number of likely N-dealkylation sites (tertiary alicyclic amines) is 1. The molecule has 3 N–H and O–H groups in total. The highest BCUT2D eigenvalue weighted by Crippen LogP contribution is 2.13. The van der Waals surface area contributed by atoms with Crippen molar-refractivity contribution in [3.8, 4) is 0 Å². The molecular weight excluding hydrogens is 342 g/mol. The smallest absolute Gasteiger partial charge is 0.335 e. The fourth-order valence-electron chi connectivity index (χ4n) is 3.39. The van der Waals surface area contributed by atoms with E-state index in [4.69, 9.17) is 5.11 Å². The fraction of sp³-hybridized carbons (Fsp3) is 0.333. The highest BCUT2D eigenvalue weighted by molar-refractivity contribution is 5.87. The van der Waals surface area contributed by atoms with E-state index in [0.717, 1.165) is 38.0 Å². The molecule has 27 heavy (non-hydrogen) atoms. The SMILES string of the molecule is O=C(NCc1cccc(C(=O)O)c1)NC1CCCN(Cc2ccccc2)C1. The minimum absolute atomic E-state index is 0.118. The van der Waals surface area contributed by atoms with Crippen molar-refractivity contribution >= 4 is 12.0 Å². The molecule has 6 nitrogen and oxygen atoms in total. The van der Waals surface area contributed by atoms with E-state index in [-0.39, 0.29) is 17.6 Å². The first-order valence-electron chi connectivity index (χ1n) is 9.23. The van der Waals surface area contributed by atoms with Gasteiger partial charge >= 0.3 is 12.0 Å². The lowest BCUT2D eigenvalue weighted by molar-refractivity contribution is 0.0696. The number of piperidine rings is 1. The van der Waals surface area contributed by atoms with E-state index in [1.807, 2.05) is 18.2 Å². The van der Waals surface area contributed by atoms with Crippen LogP contribution in [0.5, 0.6) is 0 Å². The number of carbonyl (C=O) groups excluding carboxylic acids is 1. The average molecular weight is 367 g/mol. The Hall–Kier alpha value is -2.86. The first kappa shape index (κ1) is 18.9. The summed E-state index contributed by atoms with van der Waals surface area (Å²) in [6.07, 6.45) is 2.02. The molecule has 2 aromatic carbocycles. The summed E-state index contributed by atoms with van der Waals surface area (Å²) in [7, 11) is 0. The van der Waals surface area contributed by atoms with Gasteiger partial charge in [0.15, 0.2) is 0 Å². The van der Waals surface area contributed by atoms with Crippen LogP contribution in [0, 0.1) is 0 Å². The van der Waals surface area contributed by atoms with E-state index in [1.54, 1.807) is 18.2 Å². The third-order valence-electron chi connectivity index (χ3n) is 4.72. The van der Waals surface area contributed by atoms with Crippen LogP contribution < -0.4 is 10.6 Å². The Labute approximate surface area is 159 Å². The number of rotatable bonds is 6. The van der Waals surface area contributed by atoms with E-state index in [9.17, 15) is 9.59 Å². The van der Waals surface area contributed by atoms with E-state index in [0.29, 0.717) is 6.54 Å². The fourth-order valence-corrected chi connectivity index (χ4v) is 3.39. The Kier molecular flexibility index (Phi) is 6.44. The predicted octanol–water partition coefficient (Wildman–Crippen LogP) is 2.85. The lowest BCUT2D eigenvalue weighted by Crippen LogP contribution is -2.50. The number of carboxylic acids is 1. The molecule has 0 spiro atoms. The monoisotopic (exact) mass is 367 g/mol. The van der Waals surface area contributed by atoms with Gasteiger partial charge in [-0.2, -0.15) is 0 Å². The van der Waals surface area contributed by atoms with Crippen LogP contribution in [0.3, 0.4) is 0 Å². The van der Waals surface area contributed by atoms with Gasteiger partial charge in [0.2, 0.25) is 0 Å². The van der Waals surface area contributed by atoms with Crippen LogP contribution >= 0.6 is 0 Å². The van der Waals surface area contributed by atoms with Crippen molar-refractivity contribution in [1.82, 2.24) is 15.5 Å². The Morgan fingerprint density at radius 3 is 2.63 bits per heavy atom. The van der Waals surface area contributed by atoms with Crippen LogP contribution in [-0.4, -0.2) is 41.1 Å². The molecule has 0 bridgehead atoms. The molecule has 1 saturated heterocycles. The highest BCUT2D eigenvalue weighted by atomic mass is 16.4. The summed E-state index contributed by atoms with van der Waals surface area (Å²) >= 11 is 0. The van der Waals surface area contributed by atoms with E-state index in [2.05, 4.69) is 27.7 Å². The molecule has 142 valence electrons. The van der Waals surface area contributed by atoms with Crippen molar-refractivity contribution in [3.05, 3.63) is 71.3 Å². The molecule has 1 atom stereocenters. The number of aromatic carboxylic acids is 1. The third-order valence-corrected chi connectivity index (χ3v) is 4.72. The van der Waals surface area contributed by atoms with Gasteiger partial charge in [-0.05, 0) is 42.6 Å². The molecule has 1 fully saturated rings. The molecule has 1 aliphatic rings. The number of nitrogens with one attached hydrogen (secondary N) is 2. The van der Waals surface area contributed by atoms with Gasteiger partial charge in [0.05, 0.1) is 5.56 Å². The summed E-state index contributed by atoms with van der Waals surface area (Å²) in [6.45, 7) is 3.06. The lowest BCUT2D eigenvalue weighted by Gasteiger charge is -2.33. The van der Waals surface area contributed by atoms with Crippen molar-refractivity contribution < 1.29 is 14.7 Å². The van der Waals surface area contributed by atoms with Crippen molar-refractivity contribution in [1.29, 1.82) is 0 Å². The van der Waals surface area contributed by atoms with Crippen molar-refractivity contribution in [2.24, 2.45) is 0 Å². The van der Waals surface area contributed by atoms with Gasteiger partial charge in [-0.25, -0.2) is 9.59 Å². The molecule has 2 amide bonds. The van der Waals surface area contributed by atoms with Crippen LogP contribution in [-0.2, 0) is 13.1 Å². The quantitative estimate of drug-likeness (QED) is 0.733. The zero-order valence-corrected chi connectivity index (χ0v) is 15.2. The summed E-state index contributed by atoms with van der Waals surface area (Å²) < 4.78 is 0. The standard InChI is InChI=1S/C21H25N3O3/c25-20(26)18-9-4-8-17(12-18)13-22-21(27)23-19-10-5-11-24(15-19)14-16-6-2-1-3-7-16/h1-4,6-9,12,19H,5,10-11,13-15H2,(H,25,26)(H2,22,23,27). The second-order valence-corrected chi connectivity index (χ2v) is 6.89. The first-order chi connectivity index (χ1) is 13.1. The van der Waals surface area contributed by atoms with Crippen molar-refractivity contribution in [2.45, 2.75) is 32.0 Å². The molecule has 6 heteroatoms. The number of hydrogen-bond donors (Lipinski definition) is 3. The van der Waals surface area contributed by atoms with Gasteiger partial charge < -0.3 is 15.7 Å². The maximum absolute atomic E-state index is 12.2. The molecule has 1 heterocycles. The normalized spacial score (nSPS) is 17.3. The number of amides is 2. The Balaban J connectivity index is 1.46. The minimum Gasteiger partial charge on any atom is -0.478 e. The molecule has 1 unspecified atom stereocenters. The summed E-state index contributed by atoms with van der Waals surface area (Å²) in [5.41, 5.74) is 2.26. The molecule has 0 saturated carbocycles. The highest BCUT2D eigenvalue weighted by Gasteiger charge is 2.21. The Morgan fingerprint density at radius 1 is 1.07 bits per heavy atom. The van der Waals surface area contributed by atoms with Crippen molar-refractivity contribution in [3.63, 3.8) is 0 Å². The third kappa shape index (κ3) is 5.82. The molecule has 2 aromatic rings. The number of urea groups is 1. The summed E-state index contributed by atoms with van der Waals surface area (Å²) in [6, 6.07) is 16.8. The lowest BCUT2D eigenvalue weighted by atomic mass is 10.0. The van der Waals surface area contributed by atoms with Gasteiger partial charge in [0.25, 0.3) is 0 Å². The molecule has 0 aliphatic carbocycles. The largest absolute Gasteiger partial charge is 0.478 e. The molecule has 0 radical (unpaired) electrons. The zero-order chi connectivity index (χ0) is 19.1. The first-order valence-corrected chi connectivity index (χ1v) is 9.23. The van der Waals surface area contributed by atoms with E-state index >= 15 is 0 Å². The van der Waals surface area contributed by atoms with Crippen molar-refractivity contribution in [2.75, 3.05) is 13.1 Å². The number of hydrogen-bond acceptors (Lipinski definition) is 3. The summed E-state index contributed by atoms with van der Waals surface area (Å²) in [5, 5.41) is 14.9. The second-order valence-electron chi connectivity index (χ2n) is 6.89. The van der Waals surface area contributed by atoms with Crippen LogP contribution in [0.15, 0.2) is 54.6 Å². The van der Waals surface area contributed by atoms with Gasteiger partial charge in [0.1, 0.15) is 0 Å². The van der Waals surface area contributed by atoms with Crippen LogP contribution in [0.2, 0.25) is 0 Å². The second kappa shape index (κ2) is 9.19. The zero-order valence-electron chi connectivity index (χ0n) is 15.2. The summed E-state index contributed by atoms with van der Waals surface area (Å²) in [4.78, 5) is 25.6. The van der Waals surface area contributed by atoms with Crippen LogP contribution in [0.25, 0.3) is 0 Å². The Bertz CT molecular complexity index is 779. The maximum atomic E-state index is 12.2. The van der Waals surface area contributed by atoms with E-state index < -0.39 is 5.97 Å². The van der Waals surface area contributed by atoms with Gasteiger partial charge in [0, 0.05) is 25.7 Å². The summed E-state index contributed by atoms with van der Waals surface area (Å²) in [5.74, 6) is -0.970. The topological polar surface area (TPSA) is 81.7 Å². The van der Waals surface area contributed by atoms with Crippen LogP contribution in [0.1, 0.15) is 34.3 Å². The number of benzene rings is 2. The minimum atomic E-state index is -0.970. The van der Waals surface area contributed by atoms with Gasteiger partial charge in [-0.15, -0.1) is 0 Å². The number of carbonyl (C=O) groups is 2. The molecule has 0 aromatic heterocycles. The maximum Gasteiger partial charge on any atom is 0.335 e. The number of nitrogens with zero attached hydrogens (tertiary/aromatic N) is 1. The Morgan fingerprint density at radius 2 is 1.85 bits per heavy atom. The molecular formula is C21H25N3O3. The van der Waals surface area contributed by atoms with Gasteiger partial charge in [-0.1, -0.05) is 42.5 Å². The average Bonchev–Trinajstić information content (AvgIpc) is 2.68. The predicted molar refractivity (Wildman–Crippen MR) is 104 cm³/mol.